The van der Waals surface area contributed by atoms with E-state index in [1.807, 2.05) is 6.92 Å². The van der Waals surface area contributed by atoms with Crippen molar-refractivity contribution in [3.63, 3.8) is 0 Å². The fourth-order valence-corrected chi connectivity index (χ4v) is 7.63. The van der Waals surface area contributed by atoms with Gasteiger partial charge in [0, 0.05) is 87.3 Å². The molecule has 5 heterocycles. The van der Waals surface area contributed by atoms with Gasteiger partial charge in [-0.3, -0.25) is 23.7 Å². The summed E-state index contributed by atoms with van der Waals surface area (Å²) in [6, 6.07) is 4.57. The lowest BCUT2D eigenvalue weighted by Gasteiger charge is -2.35. The average molecular weight is 709 g/mol. The van der Waals surface area contributed by atoms with E-state index in [1.165, 1.54) is 12.1 Å². The summed E-state index contributed by atoms with van der Waals surface area (Å²) in [7, 11) is 0. The van der Waals surface area contributed by atoms with Gasteiger partial charge < -0.3 is 29.1 Å². The number of unbranched alkanes of at least 4 members (excludes halogenated alkanes) is 2. The van der Waals surface area contributed by atoms with Crippen molar-refractivity contribution in [2.75, 3.05) is 52.4 Å². The lowest BCUT2D eigenvalue weighted by Crippen LogP contribution is -2.50. The van der Waals surface area contributed by atoms with Gasteiger partial charge in [0.1, 0.15) is 17.7 Å². The monoisotopic (exact) mass is 708 g/mol. The first-order valence-corrected chi connectivity index (χ1v) is 18.4. The maximum Gasteiger partial charge on any atom is 0.303 e. The van der Waals surface area contributed by atoms with Gasteiger partial charge in [0.2, 0.25) is 11.8 Å². The summed E-state index contributed by atoms with van der Waals surface area (Å²) in [5.41, 5.74) is 2.95. The van der Waals surface area contributed by atoms with Crippen LogP contribution in [0.3, 0.4) is 0 Å². The number of hydrogen-bond acceptors (Lipinski definition) is 9. The number of nitrogens with zero attached hydrogens (tertiary/aromatic N) is 6. The summed E-state index contributed by atoms with van der Waals surface area (Å²) >= 11 is 0. The number of benzene rings is 1. The van der Waals surface area contributed by atoms with Crippen molar-refractivity contribution in [3.8, 4) is 0 Å². The molecule has 0 aliphatic carbocycles. The fraction of sp³-hybridized carbons (Fsp3) is 0.622. The summed E-state index contributed by atoms with van der Waals surface area (Å²) in [6.07, 6.45) is 6.59. The Hall–Kier alpha value is -4.17. The number of carboxylic acids is 1. The molecule has 2 amide bonds. The minimum Gasteiger partial charge on any atom is -0.481 e. The Balaban J connectivity index is 0.909. The summed E-state index contributed by atoms with van der Waals surface area (Å²) in [5.74, 6) is -0.446. The lowest BCUT2D eigenvalue weighted by molar-refractivity contribution is -0.142. The molecular formula is C37H49FN6O7. The van der Waals surface area contributed by atoms with Crippen LogP contribution in [0.15, 0.2) is 27.5 Å². The number of fused-ring (bicyclic) bond motifs is 2. The van der Waals surface area contributed by atoms with E-state index in [2.05, 4.69) is 10.1 Å². The predicted octanol–water partition coefficient (Wildman–Crippen LogP) is 4.20. The van der Waals surface area contributed by atoms with Gasteiger partial charge in [0.05, 0.1) is 12.1 Å². The standard InChI is InChI=1S/C37H49FN6O7/c1-25-28(14-18-41-16-12-26(13-17-41)35-29-9-8-27(38)24-31(29)51-40-35)37(49)44-15-5-6-30(36(44)39-25)50-23-4-2-3-7-32(45)42-19-21-43(22-20-42)33(46)10-11-34(47)48/h8-9,24,26,30H,2-7,10-23H2,1H3,(H,47,48). The number of carbonyl (C=O) groups is 3. The van der Waals surface area contributed by atoms with Crippen molar-refractivity contribution in [3.05, 3.63) is 57.1 Å². The van der Waals surface area contributed by atoms with Crippen LogP contribution in [-0.4, -0.2) is 105 Å². The third kappa shape index (κ3) is 9.01. The molecule has 0 saturated carbocycles. The van der Waals surface area contributed by atoms with E-state index in [4.69, 9.17) is 19.4 Å². The number of aromatic nitrogens is 3. The maximum atomic E-state index is 13.6. The van der Waals surface area contributed by atoms with Crippen LogP contribution >= 0.6 is 0 Å². The van der Waals surface area contributed by atoms with Crippen molar-refractivity contribution in [2.45, 2.75) is 96.1 Å². The molecule has 6 rings (SSSR count). The molecule has 0 radical (unpaired) electrons. The highest BCUT2D eigenvalue weighted by Gasteiger charge is 2.28. The highest BCUT2D eigenvalue weighted by atomic mass is 19.1. The normalized spacial score (nSPS) is 18.7. The van der Waals surface area contributed by atoms with Gasteiger partial charge in [-0.25, -0.2) is 9.37 Å². The number of piperidine rings is 1. The summed E-state index contributed by atoms with van der Waals surface area (Å²) in [6.45, 7) is 7.47. The number of carboxylic acid groups (broad SMARTS) is 1. The molecule has 3 aliphatic rings. The van der Waals surface area contributed by atoms with E-state index < -0.39 is 5.97 Å². The van der Waals surface area contributed by atoms with Crippen LogP contribution in [0.25, 0.3) is 11.0 Å². The highest BCUT2D eigenvalue weighted by Crippen LogP contribution is 2.33. The van der Waals surface area contributed by atoms with Crippen molar-refractivity contribution < 1.29 is 33.1 Å². The zero-order valence-electron chi connectivity index (χ0n) is 29.5. The van der Waals surface area contributed by atoms with Crippen molar-refractivity contribution in [1.29, 1.82) is 0 Å². The molecule has 3 aliphatic heterocycles. The first-order chi connectivity index (χ1) is 24.7. The van der Waals surface area contributed by atoms with Gasteiger partial charge in [-0.05, 0) is 77.1 Å². The number of aryl methyl sites for hydroxylation is 1. The number of rotatable bonds is 14. The predicted molar refractivity (Wildman–Crippen MR) is 186 cm³/mol. The molecule has 14 heteroatoms. The molecule has 1 atom stereocenters. The Bertz CT molecular complexity index is 1760. The topological polar surface area (TPSA) is 151 Å². The fourth-order valence-electron chi connectivity index (χ4n) is 7.63. The average Bonchev–Trinajstić information content (AvgIpc) is 3.55. The Labute approximate surface area is 296 Å². The Morgan fingerprint density at radius 2 is 1.67 bits per heavy atom. The second-order valence-electron chi connectivity index (χ2n) is 14.0. The Kier molecular flexibility index (Phi) is 12.1. The Morgan fingerprint density at radius 1 is 0.941 bits per heavy atom. The Morgan fingerprint density at radius 3 is 2.39 bits per heavy atom. The second kappa shape index (κ2) is 16.9. The molecule has 3 aromatic rings. The van der Waals surface area contributed by atoms with Crippen LogP contribution in [-0.2, 0) is 32.1 Å². The van der Waals surface area contributed by atoms with Crippen LogP contribution in [0.4, 0.5) is 4.39 Å². The van der Waals surface area contributed by atoms with E-state index in [9.17, 15) is 23.6 Å². The van der Waals surface area contributed by atoms with E-state index in [1.54, 1.807) is 20.4 Å². The number of amides is 2. The van der Waals surface area contributed by atoms with E-state index in [0.717, 1.165) is 86.9 Å². The van der Waals surface area contributed by atoms with Crippen LogP contribution in [0.2, 0.25) is 0 Å². The zero-order valence-corrected chi connectivity index (χ0v) is 29.5. The van der Waals surface area contributed by atoms with Gasteiger partial charge in [0.15, 0.2) is 5.58 Å². The number of aliphatic carboxylic acids is 1. The SMILES string of the molecule is Cc1nc2n(c(=O)c1CCN1CCC(c3noc4cc(F)ccc34)CC1)CCCC2OCCCCCC(=O)N1CCN(C(=O)CCC(=O)O)CC1. The van der Waals surface area contributed by atoms with Crippen LogP contribution in [0, 0.1) is 12.7 Å². The minimum atomic E-state index is -0.987. The molecule has 1 aromatic carbocycles. The lowest BCUT2D eigenvalue weighted by atomic mass is 9.91. The molecule has 51 heavy (non-hydrogen) atoms. The summed E-state index contributed by atoms with van der Waals surface area (Å²) in [4.78, 5) is 59.9. The third-order valence-corrected chi connectivity index (χ3v) is 10.6. The van der Waals surface area contributed by atoms with Gasteiger partial charge in [-0.15, -0.1) is 0 Å². The quantitative estimate of drug-likeness (QED) is 0.241. The van der Waals surface area contributed by atoms with Gasteiger partial charge in [-0.1, -0.05) is 11.6 Å². The number of carbonyl (C=O) groups excluding carboxylic acids is 2. The number of piperazine rings is 1. The molecular weight excluding hydrogens is 659 g/mol. The van der Waals surface area contributed by atoms with Gasteiger partial charge in [0.25, 0.3) is 5.56 Å². The van der Waals surface area contributed by atoms with Crippen molar-refractivity contribution in [1.82, 2.24) is 29.4 Å². The van der Waals surface area contributed by atoms with E-state index >= 15 is 0 Å². The molecule has 2 aromatic heterocycles. The minimum absolute atomic E-state index is 0.0107. The van der Waals surface area contributed by atoms with Crippen LogP contribution in [0.5, 0.6) is 0 Å². The highest BCUT2D eigenvalue weighted by molar-refractivity contribution is 5.81. The number of halogens is 1. The number of likely N-dealkylation sites (tertiary alicyclic amines) is 1. The third-order valence-electron chi connectivity index (χ3n) is 10.6. The molecule has 0 spiro atoms. The van der Waals surface area contributed by atoms with Crippen molar-refractivity contribution >= 4 is 28.8 Å². The largest absolute Gasteiger partial charge is 0.481 e. The maximum absolute atomic E-state index is 13.6. The van der Waals surface area contributed by atoms with E-state index in [-0.39, 0.29) is 48.1 Å². The molecule has 13 nitrogen and oxygen atoms in total. The molecule has 1 unspecified atom stereocenters. The second-order valence-corrected chi connectivity index (χ2v) is 14.0. The molecule has 2 fully saturated rings. The van der Waals surface area contributed by atoms with Crippen LogP contribution in [0.1, 0.15) is 99.0 Å². The number of ether oxygens (including phenoxy) is 1. The van der Waals surface area contributed by atoms with Crippen molar-refractivity contribution in [2.24, 2.45) is 0 Å². The summed E-state index contributed by atoms with van der Waals surface area (Å²) < 4.78 is 27.0. The van der Waals surface area contributed by atoms with Gasteiger partial charge in [-0.2, -0.15) is 0 Å². The smallest absolute Gasteiger partial charge is 0.303 e. The van der Waals surface area contributed by atoms with Gasteiger partial charge >= 0.3 is 5.97 Å². The van der Waals surface area contributed by atoms with E-state index in [0.29, 0.717) is 63.6 Å². The zero-order chi connectivity index (χ0) is 35.9. The molecule has 276 valence electrons. The first-order valence-electron chi connectivity index (χ1n) is 18.4. The molecule has 1 N–H and O–H groups in total. The summed E-state index contributed by atoms with van der Waals surface area (Å²) in [5, 5.41) is 13.9. The molecule has 0 bridgehead atoms. The van der Waals surface area contributed by atoms with Crippen LogP contribution < -0.4 is 5.56 Å². The number of hydrogen-bond donors (Lipinski definition) is 1. The first kappa shape index (κ1) is 36.6. The molecule has 2 saturated heterocycles.